The lowest BCUT2D eigenvalue weighted by molar-refractivity contribution is -0.143. The van der Waals surface area contributed by atoms with E-state index in [-0.39, 0.29) is 12.0 Å². The number of benzene rings is 2. The van der Waals surface area contributed by atoms with E-state index in [0.29, 0.717) is 23.6 Å². The van der Waals surface area contributed by atoms with E-state index in [0.717, 1.165) is 5.56 Å². The van der Waals surface area contributed by atoms with E-state index >= 15 is 0 Å². The lowest BCUT2D eigenvalue weighted by atomic mass is 10.1. The molecule has 130 valence electrons. The van der Waals surface area contributed by atoms with Crippen molar-refractivity contribution in [2.24, 2.45) is 5.73 Å². The number of primary amides is 1. The van der Waals surface area contributed by atoms with Gasteiger partial charge in [0.1, 0.15) is 6.10 Å². The first-order valence-corrected chi connectivity index (χ1v) is 8.02. The van der Waals surface area contributed by atoms with E-state index in [1.54, 1.807) is 42.3 Å². The van der Waals surface area contributed by atoms with Gasteiger partial charge in [0, 0.05) is 19.2 Å². The highest BCUT2D eigenvalue weighted by Crippen LogP contribution is 2.33. The number of ether oxygens (including phenoxy) is 2. The molecular weight excluding hydrogens is 320 g/mol. The second kappa shape index (κ2) is 6.84. The highest BCUT2D eigenvalue weighted by atomic mass is 16.6. The zero-order valence-corrected chi connectivity index (χ0v) is 14.1. The summed E-state index contributed by atoms with van der Waals surface area (Å²) in [6, 6.07) is 14.1. The molecule has 3 rings (SSSR count). The number of amides is 2. The van der Waals surface area contributed by atoms with Crippen molar-refractivity contribution in [1.29, 1.82) is 0 Å². The molecule has 2 aromatic rings. The van der Waals surface area contributed by atoms with Crippen LogP contribution in [-0.2, 0) is 11.3 Å². The summed E-state index contributed by atoms with van der Waals surface area (Å²) in [6.07, 6.45) is -1.09. The molecule has 2 N–H and O–H groups in total. The lowest BCUT2D eigenvalue weighted by Crippen LogP contribution is -2.49. The quantitative estimate of drug-likeness (QED) is 0.922. The third kappa shape index (κ3) is 3.57. The molecule has 0 spiro atoms. The molecule has 1 aliphatic heterocycles. The zero-order chi connectivity index (χ0) is 18.0. The Morgan fingerprint density at radius 3 is 2.24 bits per heavy atom. The summed E-state index contributed by atoms with van der Waals surface area (Å²) in [4.78, 5) is 25.4. The Morgan fingerprint density at radius 2 is 1.64 bits per heavy atom. The number of hydrogen-bond acceptors (Lipinski definition) is 4. The lowest BCUT2D eigenvalue weighted by Gasteiger charge is -2.33. The minimum absolute atomic E-state index is 0.166. The predicted octanol–water partition coefficient (Wildman–Crippen LogP) is 1.97. The Morgan fingerprint density at radius 1 is 1.04 bits per heavy atom. The van der Waals surface area contributed by atoms with E-state index in [1.807, 2.05) is 25.1 Å². The summed E-state index contributed by atoms with van der Waals surface area (Å²) in [6.45, 7) is 2.21. The molecule has 1 aliphatic rings. The van der Waals surface area contributed by atoms with Crippen molar-refractivity contribution < 1.29 is 19.1 Å². The summed E-state index contributed by atoms with van der Waals surface area (Å²) in [5, 5.41) is 0. The van der Waals surface area contributed by atoms with Crippen molar-refractivity contribution in [3.8, 4) is 11.5 Å². The molecule has 0 aromatic heterocycles. The van der Waals surface area contributed by atoms with Crippen molar-refractivity contribution >= 4 is 11.8 Å². The molecule has 0 saturated heterocycles. The summed E-state index contributed by atoms with van der Waals surface area (Å²) in [5.41, 5.74) is 6.56. The molecule has 2 unspecified atom stereocenters. The summed E-state index contributed by atoms with van der Waals surface area (Å²) >= 11 is 0. The van der Waals surface area contributed by atoms with Crippen molar-refractivity contribution in [3.63, 3.8) is 0 Å². The Labute approximate surface area is 146 Å². The van der Waals surface area contributed by atoms with Crippen LogP contribution >= 0.6 is 0 Å². The zero-order valence-electron chi connectivity index (χ0n) is 14.1. The van der Waals surface area contributed by atoms with Crippen molar-refractivity contribution in [2.75, 3.05) is 7.05 Å². The highest BCUT2D eigenvalue weighted by Gasteiger charge is 2.35. The average Bonchev–Trinajstić information content (AvgIpc) is 2.61. The van der Waals surface area contributed by atoms with E-state index < -0.39 is 12.0 Å². The molecule has 6 nitrogen and oxygen atoms in total. The van der Waals surface area contributed by atoms with Crippen LogP contribution in [0, 0.1) is 0 Å². The first-order chi connectivity index (χ1) is 12.0. The van der Waals surface area contributed by atoms with Crippen molar-refractivity contribution in [1.82, 2.24) is 4.90 Å². The normalized spacial score (nSPS) is 18.5. The molecule has 0 radical (unpaired) electrons. The van der Waals surface area contributed by atoms with Crippen LogP contribution in [0.5, 0.6) is 11.5 Å². The second-order valence-electron chi connectivity index (χ2n) is 6.06. The molecule has 0 bridgehead atoms. The van der Waals surface area contributed by atoms with Crippen LogP contribution < -0.4 is 15.2 Å². The van der Waals surface area contributed by atoms with Crippen LogP contribution in [0.1, 0.15) is 22.8 Å². The van der Waals surface area contributed by atoms with Gasteiger partial charge in [0.2, 0.25) is 12.0 Å². The summed E-state index contributed by atoms with van der Waals surface area (Å²) in [5.74, 6) is 0.569. The van der Waals surface area contributed by atoms with E-state index in [9.17, 15) is 9.59 Å². The minimum atomic E-state index is -0.704. The topological polar surface area (TPSA) is 81.9 Å². The van der Waals surface area contributed by atoms with Crippen LogP contribution in [0.2, 0.25) is 0 Å². The smallest absolute Gasteiger partial charge is 0.267 e. The fourth-order valence-corrected chi connectivity index (χ4v) is 2.73. The van der Waals surface area contributed by atoms with Gasteiger partial charge in [0.25, 0.3) is 5.91 Å². The first-order valence-electron chi connectivity index (χ1n) is 8.02. The van der Waals surface area contributed by atoms with Gasteiger partial charge in [-0.05, 0) is 36.8 Å². The van der Waals surface area contributed by atoms with Gasteiger partial charge in [-0.25, -0.2) is 0 Å². The maximum Gasteiger partial charge on any atom is 0.267 e. The van der Waals surface area contributed by atoms with Gasteiger partial charge in [-0.1, -0.05) is 24.3 Å². The van der Waals surface area contributed by atoms with Crippen LogP contribution in [-0.4, -0.2) is 36.0 Å². The third-order valence-electron chi connectivity index (χ3n) is 4.12. The van der Waals surface area contributed by atoms with Gasteiger partial charge in [-0.2, -0.15) is 0 Å². The maximum absolute atomic E-state index is 12.7. The van der Waals surface area contributed by atoms with Gasteiger partial charge >= 0.3 is 0 Å². The van der Waals surface area contributed by atoms with Gasteiger partial charge in [-0.15, -0.1) is 0 Å². The monoisotopic (exact) mass is 340 g/mol. The van der Waals surface area contributed by atoms with Crippen LogP contribution in [0.4, 0.5) is 0 Å². The van der Waals surface area contributed by atoms with Crippen molar-refractivity contribution in [3.05, 3.63) is 59.7 Å². The molecule has 2 aromatic carbocycles. The molecule has 25 heavy (non-hydrogen) atoms. The molecule has 6 heteroatoms. The Bertz CT molecular complexity index is 788. The standard InChI is InChI=1S/C19H20N2O4/c1-12-17(25-16-6-4-3-5-15(16)24-12)19(23)21(2)11-13-7-9-14(10-8-13)18(20)22/h3-10,12,17H,11H2,1-2H3,(H2,20,22). The average molecular weight is 340 g/mol. The van der Waals surface area contributed by atoms with Gasteiger partial charge in [0.05, 0.1) is 0 Å². The molecule has 2 atom stereocenters. The largest absolute Gasteiger partial charge is 0.482 e. The SMILES string of the molecule is CC1Oc2ccccc2OC1C(=O)N(C)Cc1ccc(C(N)=O)cc1. The van der Waals surface area contributed by atoms with E-state index in [2.05, 4.69) is 0 Å². The molecule has 0 fully saturated rings. The maximum atomic E-state index is 12.7. The highest BCUT2D eigenvalue weighted by molar-refractivity contribution is 5.92. The predicted molar refractivity (Wildman–Crippen MR) is 92.4 cm³/mol. The Kier molecular flexibility index (Phi) is 4.61. The van der Waals surface area contributed by atoms with Crippen molar-refractivity contribution in [2.45, 2.75) is 25.7 Å². The number of carbonyl (C=O) groups excluding carboxylic acids is 2. The Hall–Kier alpha value is -3.02. The number of fused-ring (bicyclic) bond motifs is 1. The molecule has 0 saturated carbocycles. The number of likely N-dealkylation sites (N-methyl/N-ethyl adjacent to an activating group) is 1. The molecule has 1 heterocycles. The number of hydrogen-bond donors (Lipinski definition) is 1. The number of para-hydroxylation sites is 2. The fraction of sp³-hybridized carbons (Fsp3) is 0.263. The minimum Gasteiger partial charge on any atom is -0.482 e. The van der Waals surface area contributed by atoms with Gasteiger partial charge < -0.3 is 20.1 Å². The fourth-order valence-electron chi connectivity index (χ4n) is 2.73. The molecular formula is C19H20N2O4. The van der Waals surface area contributed by atoms with Crippen LogP contribution in [0.25, 0.3) is 0 Å². The molecule has 0 aliphatic carbocycles. The third-order valence-corrected chi connectivity index (χ3v) is 4.12. The second-order valence-corrected chi connectivity index (χ2v) is 6.06. The van der Waals surface area contributed by atoms with E-state index in [4.69, 9.17) is 15.2 Å². The number of rotatable bonds is 4. The van der Waals surface area contributed by atoms with Crippen LogP contribution in [0.15, 0.2) is 48.5 Å². The first kappa shape index (κ1) is 16.8. The van der Waals surface area contributed by atoms with Crippen LogP contribution in [0.3, 0.4) is 0 Å². The van der Waals surface area contributed by atoms with E-state index in [1.165, 1.54) is 0 Å². The number of nitrogens with two attached hydrogens (primary N) is 1. The summed E-state index contributed by atoms with van der Waals surface area (Å²) < 4.78 is 11.6. The number of carbonyl (C=O) groups is 2. The molecule has 2 amide bonds. The van der Waals surface area contributed by atoms with Gasteiger partial charge in [0.15, 0.2) is 11.5 Å². The Balaban J connectivity index is 1.69. The number of nitrogens with zero attached hydrogens (tertiary/aromatic N) is 1. The van der Waals surface area contributed by atoms with Gasteiger partial charge in [-0.3, -0.25) is 9.59 Å². The summed E-state index contributed by atoms with van der Waals surface area (Å²) in [7, 11) is 1.71.